The minimum absolute atomic E-state index is 0.105. The molecule has 3 N–H and O–H groups in total. The van der Waals surface area contributed by atoms with Gasteiger partial charge in [0.25, 0.3) is 5.91 Å². The minimum atomic E-state index is -0.400. The molecule has 21 heavy (non-hydrogen) atoms. The molecule has 1 heterocycles. The normalized spacial score (nSPS) is 11.0. The zero-order valence-electron chi connectivity index (χ0n) is 10.9. The molecule has 0 saturated heterocycles. The van der Waals surface area contributed by atoms with Crippen LogP contribution in [0.1, 0.15) is 16.1 Å². The number of benzene rings is 2. The first kappa shape index (κ1) is 12.9. The first-order chi connectivity index (χ1) is 10.3. The van der Waals surface area contributed by atoms with E-state index in [1.807, 2.05) is 30.3 Å². The Hall–Kier alpha value is -3.15. The molecule has 6 heteroatoms. The lowest BCUT2D eigenvalue weighted by Crippen LogP contribution is -2.18. The van der Waals surface area contributed by atoms with E-state index in [0.717, 1.165) is 10.8 Å². The molecule has 0 atom stereocenters. The van der Waals surface area contributed by atoms with Crippen molar-refractivity contribution < 1.29 is 9.90 Å². The van der Waals surface area contributed by atoms with E-state index in [-0.39, 0.29) is 5.75 Å². The van der Waals surface area contributed by atoms with Crippen LogP contribution in [0.3, 0.4) is 0 Å². The number of hydrogen-bond donors (Lipinski definition) is 3. The Morgan fingerprint density at radius 2 is 2.10 bits per heavy atom. The van der Waals surface area contributed by atoms with Gasteiger partial charge in [-0.2, -0.15) is 10.2 Å². The third kappa shape index (κ3) is 2.59. The van der Waals surface area contributed by atoms with E-state index in [9.17, 15) is 9.90 Å². The van der Waals surface area contributed by atoms with Gasteiger partial charge in [0, 0.05) is 11.8 Å². The summed E-state index contributed by atoms with van der Waals surface area (Å²) in [5.41, 5.74) is 3.24. The molecule has 0 radical (unpaired) electrons. The Kier molecular flexibility index (Phi) is 3.34. The van der Waals surface area contributed by atoms with E-state index in [1.54, 1.807) is 12.1 Å². The van der Waals surface area contributed by atoms with Crippen molar-refractivity contribution in [3.8, 4) is 5.75 Å². The minimum Gasteiger partial charge on any atom is -0.507 e. The van der Waals surface area contributed by atoms with E-state index in [4.69, 9.17) is 0 Å². The second kappa shape index (κ2) is 5.46. The van der Waals surface area contributed by atoms with Crippen LogP contribution in [0.2, 0.25) is 0 Å². The highest BCUT2D eigenvalue weighted by Gasteiger charge is 2.06. The lowest BCUT2D eigenvalue weighted by Gasteiger charge is -2.04. The molecule has 104 valence electrons. The summed E-state index contributed by atoms with van der Waals surface area (Å²) in [4.78, 5) is 11.7. The monoisotopic (exact) mass is 280 g/mol. The fraction of sp³-hybridized carbons (Fsp3) is 0. The van der Waals surface area contributed by atoms with Gasteiger partial charge in [0.2, 0.25) is 0 Å². The largest absolute Gasteiger partial charge is 0.507 e. The Bertz CT molecular complexity index is 810. The second-order valence-corrected chi connectivity index (χ2v) is 4.39. The predicted octanol–water partition coefficient (Wildman–Crippen LogP) is 2.03. The summed E-state index contributed by atoms with van der Waals surface area (Å²) in [5, 5.41) is 21.9. The lowest BCUT2D eigenvalue weighted by atomic mass is 10.0. The van der Waals surface area contributed by atoms with Crippen molar-refractivity contribution in [3.63, 3.8) is 0 Å². The van der Waals surface area contributed by atoms with Crippen molar-refractivity contribution >= 4 is 22.9 Å². The predicted molar refractivity (Wildman–Crippen MR) is 79.3 cm³/mol. The average molecular weight is 280 g/mol. The summed E-state index contributed by atoms with van der Waals surface area (Å²) >= 11 is 0. The van der Waals surface area contributed by atoms with Crippen LogP contribution in [0.5, 0.6) is 5.75 Å². The van der Waals surface area contributed by atoms with Crippen LogP contribution < -0.4 is 5.43 Å². The molecular formula is C15H12N4O2. The summed E-state index contributed by atoms with van der Waals surface area (Å²) < 4.78 is 0. The molecule has 6 nitrogen and oxygen atoms in total. The van der Waals surface area contributed by atoms with Crippen LogP contribution in [0, 0.1) is 0 Å². The number of carbonyl (C=O) groups is 1. The highest BCUT2D eigenvalue weighted by atomic mass is 16.3. The summed E-state index contributed by atoms with van der Waals surface area (Å²) in [6.45, 7) is 0. The molecule has 0 aliphatic carbocycles. The third-order valence-corrected chi connectivity index (χ3v) is 3.05. The van der Waals surface area contributed by atoms with E-state index in [1.165, 1.54) is 12.4 Å². The molecule has 0 fully saturated rings. The Morgan fingerprint density at radius 1 is 1.24 bits per heavy atom. The first-order valence-corrected chi connectivity index (χ1v) is 6.29. The highest BCUT2D eigenvalue weighted by Crippen LogP contribution is 2.25. The fourth-order valence-corrected chi connectivity index (χ4v) is 2.02. The number of aromatic amines is 1. The number of phenolic OH excluding ortho intramolecular Hbond substituents is 1. The van der Waals surface area contributed by atoms with E-state index >= 15 is 0 Å². The number of amides is 1. The van der Waals surface area contributed by atoms with Crippen LogP contribution in [0.4, 0.5) is 0 Å². The lowest BCUT2D eigenvalue weighted by molar-refractivity contribution is 0.0950. The summed E-state index contributed by atoms with van der Waals surface area (Å²) in [5.74, 6) is -0.295. The van der Waals surface area contributed by atoms with Crippen LogP contribution in [0.15, 0.2) is 53.8 Å². The fourth-order valence-electron chi connectivity index (χ4n) is 2.02. The van der Waals surface area contributed by atoms with Crippen molar-refractivity contribution in [3.05, 3.63) is 59.9 Å². The van der Waals surface area contributed by atoms with Gasteiger partial charge in [-0.15, -0.1) is 0 Å². The van der Waals surface area contributed by atoms with Gasteiger partial charge in [-0.1, -0.05) is 30.3 Å². The summed E-state index contributed by atoms with van der Waals surface area (Å²) in [6.07, 6.45) is 2.90. The number of hydrazone groups is 1. The van der Waals surface area contributed by atoms with Crippen molar-refractivity contribution in [2.45, 2.75) is 0 Å². The van der Waals surface area contributed by atoms with Gasteiger partial charge in [-0.05, 0) is 22.9 Å². The number of phenols is 1. The van der Waals surface area contributed by atoms with Crippen molar-refractivity contribution in [2.24, 2.45) is 5.10 Å². The zero-order chi connectivity index (χ0) is 14.7. The van der Waals surface area contributed by atoms with Crippen LogP contribution >= 0.6 is 0 Å². The van der Waals surface area contributed by atoms with Gasteiger partial charge in [-0.3, -0.25) is 9.89 Å². The number of rotatable bonds is 3. The number of nitrogens with zero attached hydrogens (tertiary/aromatic N) is 2. The van der Waals surface area contributed by atoms with Crippen LogP contribution in [-0.2, 0) is 0 Å². The maximum Gasteiger partial charge on any atom is 0.289 e. The maximum absolute atomic E-state index is 11.7. The molecule has 3 aromatic rings. The molecule has 0 unspecified atom stereocenters. The zero-order valence-corrected chi connectivity index (χ0v) is 10.9. The molecule has 2 aromatic carbocycles. The quantitative estimate of drug-likeness (QED) is 0.506. The Balaban J connectivity index is 1.86. The molecule has 1 aromatic heterocycles. The number of carbonyl (C=O) groups excluding carboxylic acids is 1. The molecular weight excluding hydrogens is 268 g/mol. The molecule has 0 spiro atoms. The second-order valence-electron chi connectivity index (χ2n) is 4.39. The first-order valence-electron chi connectivity index (χ1n) is 6.29. The Labute approximate surface area is 120 Å². The van der Waals surface area contributed by atoms with Gasteiger partial charge in [0.05, 0.1) is 6.21 Å². The number of aromatic hydroxyl groups is 1. The van der Waals surface area contributed by atoms with Gasteiger partial charge in [0.1, 0.15) is 11.4 Å². The number of fused-ring (bicyclic) bond motifs is 1. The number of hydrogen-bond acceptors (Lipinski definition) is 4. The number of aromatic nitrogens is 2. The summed E-state index contributed by atoms with van der Waals surface area (Å²) in [6, 6.07) is 12.6. The topological polar surface area (TPSA) is 90.4 Å². The van der Waals surface area contributed by atoms with E-state index in [0.29, 0.717) is 11.3 Å². The molecule has 0 aliphatic rings. The van der Waals surface area contributed by atoms with Crippen LogP contribution in [-0.4, -0.2) is 27.4 Å². The SMILES string of the molecule is O=C(N/N=C/c1c(O)ccc2ccccc12)c1ccn[nH]1. The molecule has 0 bridgehead atoms. The van der Waals surface area contributed by atoms with Gasteiger partial charge >= 0.3 is 0 Å². The standard InChI is InChI=1S/C15H12N4O2/c20-14-6-5-10-3-1-2-4-11(10)12(14)9-17-19-15(21)13-7-8-16-18-13/h1-9,20H,(H,16,18)(H,19,21)/b17-9+. The molecule has 0 saturated carbocycles. The van der Waals surface area contributed by atoms with Crippen molar-refractivity contribution in [1.82, 2.24) is 15.6 Å². The molecule has 0 aliphatic heterocycles. The summed E-state index contributed by atoms with van der Waals surface area (Å²) in [7, 11) is 0. The van der Waals surface area contributed by atoms with Crippen molar-refractivity contribution in [1.29, 1.82) is 0 Å². The molecule has 1 amide bonds. The third-order valence-electron chi connectivity index (χ3n) is 3.05. The smallest absolute Gasteiger partial charge is 0.289 e. The maximum atomic E-state index is 11.7. The average Bonchev–Trinajstić information content (AvgIpc) is 3.04. The van der Waals surface area contributed by atoms with Gasteiger partial charge < -0.3 is 5.11 Å². The molecule has 3 rings (SSSR count). The van der Waals surface area contributed by atoms with E-state index in [2.05, 4.69) is 20.7 Å². The van der Waals surface area contributed by atoms with Crippen molar-refractivity contribution in [2.75, 3.05) is 0 Å². The Morgan fingerprint density at radius 3 is 2.90 bits per heavy atom. The highest BCUT2D eigenvalue weighted by molar-refractivity contribution is 6.02. The number of H-pyrrole nitrogens is 1. The van der Waals surface area contributed by atoms with E-state index < -0.39 is 5.91 Å². The van der Waals surface area contributed by atoms with Crippen LogP contribution in [0.25, 0.3) is 10.8 Å². The van der Waals surface area contributed by atoms with Gasteiger partial charge in [0.15, 0.2) is 0 Å². The number of nitrogens with one attached hydrogen (secondary N) is 2. The van der Waals surface area contributed by atoms with Gasteiger partial charge in [-0.25, -0.2) is 5.43 Å².